The van der Waals surface area contributed by atoms with Gasteiger partial charge < -0.3 is 5.32 Å². The number of hydrogen-bond acceptors (Lipinski definition) is 2. The molecule has 0 aromatic heterocycles. The van der Waals surface area contributed by atoms with Crippen LogP contribution in [0, 0.1) is 12.7 Å². The molecule has 2 nitrogen and oxygen atoms in total. The minimum absolute atomic E-state index is 0.148. The molecule has 0 aliphatic heterocycles. The molecule has 0 bridgehead atoms. The van der Waals surface area contributed by atoms with E-state index in [-0.39, 0.29) is 17.5 Å². The van der Waals surface area contributed by atoms with E-state index < -0.39 is 0 Å². The molecule has 0 aliphatic carbocycles. The number of hydrogen-bond donors (Lipinski definition) is 1. The zero-order valence-electron chi connectivity index (χ0n) is 11.8. The Bertz CT molecular complexity index is 694. The summed E-state index contributed by atoms with van der Waals surface area (Å²) in [5.41, 5.74) is 2.04. The Hall–Kier alpha value is -1.23. The van der Waals surface area contributed by atoms with Crippen LogP contribution in [0.2, 0.25) is 10.0 Å². The summed E-state index contributed by atoms with van der Waals surface area (Å²) in [5.74, 6) is 0.134. The maximum absolute atomic E-state index is 13.6. The van der Waals surface area contributed by atoms with Gasteiger partial charge in [0.2, 0.25) is 5.91 Å². The number of carbonyl (C=O) groups is 1. The van der Waals surface area contributed by atoms with Crippen LogP contribution >= 0.6 is 35.0 Å². The standard InChI is InChI=1S/C16H14Cl2FNOS/c1-10-13(18)3-2-4-15(10)20-16(21)9-22-8-11-5-6-12(17)7-14(11)19/h2-7H,8-9H2,1H3,(H,20,21). The van der Waals surface area contributed by atoms with E-state index in [1.807, 2.05) is 6.92 Å². The third kappa shape index (κ3) is 4.63. The lowest BCUT2D eigenvalue weighted by atomic mass is 10.2. The summed E-state index contributed by atoms with van der Waals surface area (Å²) in [7, 11) is 0. The van der Waals surface area contributed by atoms with Gasteiger partial charge in [-0.3, -0.25) is 4.79 Å². The lowest BCUT2D eigenvalue weighted by Gasteiger charge is -2.09. The first kappa shape index (κ1) is 17.1. The van der Waals surface area contributed by atoms with E-state index in [0.29, 0.717) is 27.0 Å². The number of benzene rings is 2. The Morgan fingerprint density at radius 2 is 2.05 bits per heavy atom. The van der Waals surface area contributed by atoms with Crippen LogP contribution in [0.3, 0.4) is 0 Å². The SMILES string of the molecule is Cc1c(Cl)cccc1NC(=O)CSCc1ccc(Cl)cc1F. The number of halogens is 3. The van der Waals surface area contributed by atoms with Gasteiger partial charge in [-0.2, -0.15) is 0 Å². The summed E-state index contributed by atoms with van der Waals surface area (Å²) in [6, 6.07) is 9.88. The van der Waals surface area contributed by atoms with Gasteiger partial charge in [-0.25, -0.2) is 4.39 Å². The molecule has 1 N–H and O–H groups in total. The van der Waals surface area contributed by atoms with Crippen LogP contribution in [-0.2, 0) is 10.5 Å². The van der Waals surface area contributed by atoms with Gasteiger partial charge in [0.1, 0.15) is 5.82 Å². The van der Waals surface area contributed by atoms with Crippen molar-refractivity contribution < 1.29 is 9.18 Å². The molecule has 0 atom stereocenters. The molecule has 0 saturated carbocycles. The minimum Gasteiger partial charge on any atom is -0.325 e. The van der Waals surface area contributed by atoms with Gasteiger partial charge in [0, 0.05) is 21.5 Å². The summed E-state index contributed by atoms with van der Waals surface area (Å²) in [6.07, 6.45) is 0. The zero-order chi connectivity index (χ0) is 16.1. The third-order valence-electron chi connectivity index (χ3n) is 3.05. The van der Waals surface area contributed by atoms with Crippen molar-refractivity contribution in [1.29, 1.82) is 0 Å². The fourth-order valence-electron chi connectivity index (χ4n) is 1.82. The van der Waals surface area contributed by atoms with E-state index in [1.54, 1.807) is 30.3 Å². The second kappa shape index (κ2) is 7.86. The average molecular weight is 358 g/mol. The molecule has 0 aliphatic rings. The molecule has 2 aromatic carbocycles. The highest BCUT2D eigenvalue weighted by molar-refractivity contribution is 7.99. The highest BCUT2D eigenvalue weighted by Crippen LogP contribution is 2.23. The van der Waals surface area contributed by atoms with E-state index in [4.69, 9.17) is 23.2 Å². The number of nitrogens with one attached hydrogen (secondary N) is 1. The maximum Gasteiger partial charge on any atom is 0.234 e. The molecule has 1 amide bonds. The van der Waals surface area contributed by atoms with Crippen molar-refractivity contribution in [3.8, 4) is 0 Å². The number of rotatable bonds is 5. The predicted octanol–water partition coefficient (Wildman–Crippen LogP) is 5.31. The zero-order valence-corrected chi connectivity index (χ0v) is 14.2. The summed E-state index contributed by atoms with van der Waals surface area (Å²) >= 11 is 13.0. The first-order chi connectivity index (χ1) is 10.5. The molecule has 0 spiro atoms. The largest absolute Gasteiger partial charge is 0.325 e. The van der Waals surface area contributed by atoms with Crippen molar-refractivity contribution in [1.82, 2.24) is 0 Å². The fourth-order valence-corrected chi connectivity index (χ4v) is 2.97. The first-order valence-electron chi connectivity index (χ1n) is 6.54. The van der Waals surface area contributed by atoms with Crippen LogP contribution in [0.4, 0.5) is 10.1 Å². The normalized spacial score (nSPS) is 10.5. The predicted molar refractivity (Wildman–Crippen MR) is 92.4 cm³/mol. The van der Waals surface area contributed by atoms with E-state index in [1.165, 1.54) is 17.8 Å². The molecule has 6 heteroatoms. The van der Waals surface area contributed by atoms with Crippen molar-refractivity contribution >= 4 is 46.6 Å². The lowest BCUT2D eigenvalue weighted by Crippen LogP contribution is -2.15. The molecule has 0 fully saturated rings. The first-order valence-corrected chi connectivity index (χ1v) is 8.45. The highest BCUT2D eigenvalue weighted by Gasteiger charge is 2.08. The molecule has 0 radical (unpaired) electrons. The van der Waals surface area contributed by atoms with Crippen LogP contribution in [0.1, 0.15) is 11.1 Å². The summed E-state index contributed by atoms with van der Waals surface area (Å²) in [6.45, 7) is 1.84. The van der Waals surface area contributed by atoms with Crippen molar-refractivity contribution in [2.45, 2.75) is 12.7 Å². The number of amides is 1. The van der Waals surface area contributed by atoms with Crippen LogP contribution in [0.25, 0.3) is 0 Å². The molecule has 0 unspecified atom stereocenters. The second-order valence-corrected chi connectivity index (χ2v) is 6.52. The molecule has 2 aromatic rings. The van der Waals surface area contributed by atoms with Gasteiger partial charge in [-0.05, 0) is 42.3 Å². The molecule has 0 heterocycles. The Morgan fingerprint density at radius 1 is 1.27 bits per heavy atom. The Labute approximate surface area is 143 Å². The minimum atomic E-state index is -0.355. The second-order valence-electron chi connectivity index (χ2n) is 4.69. The highest BCUT2D eigenvalue weighted by atomic mass is 35.5. The van der Waals surface area contributed by atoms with Crippen LogP contribution < -0.4 is 5.32 Å². The van der Waals surface area contributed by atoms with Crippen LogP contribution in [-0.4, -0.2) is 11.7 Å². The summed E-state index contributed by atoms with van der Waals surface area (Å²) in [4.78, 5) is 11.9. The van der Waals surface area contributed by atoms with E-state index in [2.05, 4.69) is 5.32 Å². The monoisotopic (exact) mass is 357 g/mol. The van der Waals surface area contributed by atoms with E-state index in [0.717, 1.165) is 5.56 Å². The van der Waals surface area contributed by atoms with Crippen LogP contribution in [0.5, 0.6) is 0 Å². The van der Waals surface area contributed by atoms with Gasteiger partial charge in [-0.15, -0.1) is 11.8 Å². The Morgan fingerprint density at radius 3 is 2.77 bits per heavy atom. The lowest BCUT2D eigenvalue weighted by molar-refractivity contribution is -0.113. The van der Waals surface area contributed by atoms with E-state index in [9.17, 15) is 9.18 Å². The summed E-state index contributed by atoms with van der Waals surface area (Å²) in [5, 5.41) is 3.77. The van der Waals surface area contributed by atoms with E-state index >= 15 is 0 Å². The number of thioether (sulfide) groups is 1. The molecule has 22 heavy (non-hydrogen) atoms. The molecule has 0 saturated heterocycles. The quantitative estimate of drug-likeness (QED) is 0.785. The summed E-state index contributed by atoms with van der Waals surface area (Å²) < 4.78 is 13.6. The molecule has 2 rings (SSSR count). The van der Waals surface area contributed by atoms with Crippen molar-refractivity contribution in [2.24, 2.45) is 0 Å². The number of carbonyl (C=O) groups excluding carboxylic acids is 1. The third-order valence-corrected chi connectivity index (χ3v) is 4.67. The van der Waals surface area contributed by atoms with Gasteiger partial charge >= 0.3 is 0 Å². The average Bonchev–Trinajstić information content (AvgIpc) is 2.46. The maximum atomic E-state index is 13.6. The van der Waals surface area contributed by atoms with Crippen molar-refractivity contribution in [2.75, 3.05) is 11.1 Å². The smallest absolute Gasteiger partial charge is 0.234 e. The number of anilines is 1. The Balaban J connectivity index is 1.87. The molecular weight excluding hydrogens is 344 g/mol. The molecular formula is C16H14Cl2FNOS. The molecule has 116 valence electrons. The topological polar surface area (TPSA) is 29.1 Å². The Kier molecular flexibility index (Phi) is 6.12. The van der Waals surface area contributed by atoms with Gasteiger partial charge in [-0.1, -0.05) is 35.3 Å². The van der Waals surface area contributed by atoms with Crippen molar-refractivity contribution in [3.63, 3.8) is 0 Å². The van der Waals surface area contributed by atoms with Gasteiger partial charge in [0.05, 0.1) is 5.75 Å². The van der Waals surface area contributed by atoms with Crippen molar-refractivity contribution in [3.05, 3.63) is 63.4 Å². The van der Waals surface area contributed by atoms with Gasteiger partial charge in [0.25, 0.3) is 0 Å². The van der Waals surface area contributed by atoms with Crippen LogP contribution in [0.15, 0.2) is 36.4 Å². The fraction of sp³-hybridized carbons (Fsp3) is 0.188. The van der Waals surface area contributed by atoms with Gasteiger partial charge in [0.15, 0.2) is 0 Å².